The Morgan fingerprint density at radius 2 is 1.73 bits per heavy atom. The monoisotopic (exact) mass is 320 g/mol. The molecule has 0 aliphatic rings. The van der Waals surface area contributed by atoms with Gasteiger partial charge in [-0.2, -0.15) is 0 Å². The lowest BCUT2D eigenvalue weighted by Gasteiger charge is -2.31. The molecule has 0 aromatic carbocycles. The topological polar surface area (TPSA) is 156 Å². The third kappa shape index (κ3) is 9.64. The summed E-state index contributed by atoms with van der Waals surface area (Å²) < 4.78 is 16.4. The number of aliphatic hydroxyl groups excluding tert-OH is 1. The van der Waals surface area contributed by atoms with Crippen LogP contribution in [0.25, 0.3) is 0 Å². The van der Waals surface area contributed by atoms with Crippen molar-refractivity contribution in [1.29, 1.82) is 5.41 Å². The summed E-state index contributed by atoms with van der Waals surface area (Å²) in [6, 6.07) is 0. The van der Waals surface area contributed by atoms with E-state index in [9.17, 15) is 5.11 Å². The van der Waals surface area contributed by atoms with Gasteiger partial charge in [-0.1, -0.05) is 5.16 Å². The first-order valence-corrected chi connectivity index (χ1v) is 7.13. The van der Waals surface area contributed by atoms with E-state index >= 15 is 0 Å². The van der Waals surface area contributed by atoms with Crippen molar-refractivity contribution in [2.45, 2.75) is 12.8 Å². The van der Waals surface area contributed by atoms with Crippen LogP contribution in [-0.4, -0.2) is 75.2 Å². The average Bonchev–Trinajstić information content (AvgIpc) is 2.54. The normalized spacial score (nSPS) is 14.7. The molecule has 0 rings (SSSR count). The number of ether oxygens (including phenoxy) is 3. The highest BCUT2D eigenvalue weighted by molar-refractivity contribution is 5.79. The summed E-state index contributed by atoms with van der Waals surface area (Å²) >= 11 is 0. The van der Waals surface area contributed by atoms with E-state index in [0.717, 1.165) is 0 Å². The quantitative estimate of drug-likeness (QED) is 0.0864. The third-order valence-corrected chi connectivity index (χ3v) is 2.86. The standard InChI is InChI=1S/C13H28N4O5/c14-3-1-5-20-9-13(8-18,11-22-7-4-15)10-21-6-2-12(16)17-19/h3,14,18-19H,1-2,4-11,15H2,(H2,16,17). The molecule has 0 saturated carbocycles. The van der Waals surface area contributed by atoms with Crippen molar-refractivity contribution in [3.63, 3.8) is 0 Å². The zero-order valence-corrected chi connectivity index (χ0v) is 12.9. The van der Waals surface area contributed by atoms with Crippen molar-refractivity contribution in [3.05, 3.63) is 0 Å². The molecular weight excluding hydrogens is 292 g/mol. The number of aliphatic hydroxyl groups is 1. The maximum Gasteiger partial charge on any atom is 0.141 e. The molecule has 0 aliphatic carbocycles. The summed E-state index contributed by atoms with van der Waals surface area (Å²) in [6.07, 6.45) is 2.06. The van der Waals surface area contributed by atoms with Crippen LogP contribution in [0.3, 0.4) is 0 Å². The van der Waals surface area contributed by atoms with Crippen LogP contribution in [0.4, 0.5) is 0 Å². The Balaban J connectivity index is 4.35. The maximum atomic E-state index is 9.68. The Labute approximate surface area is 130 Å². The highest BCUT2D eigenvalue weighted by atomic mass is 16.5. The number of nitrogens with two attached hydrogens (primary N) is 2. The Kier molecular flexibility index (Phi) is 12.6. The van der Waals surface area contributed by atoms with E-state index in [1.807, 2.05) is 0 Å². The van der Waals surface area contributed by atoms with Gasteiger partial charge in [0.25, 0.3) is 0 Å². The number of hydrogen-bond acceptors (Lipinski definition) is 8. The van der Waals surface area contributed by atoms with E-state index in [1.165, 1.54) is 6.21 Å². The smallest absolute Gasteiger partial charge is 0.141 e. The fourth-order valence-corrected chi connectivity index (χ4v) is 1.58. The van der Waals surface area contributed by atoms with Gasteiger partial charge in [0.1, 0.15) is 5.84 Å². The highest BCUT2D eigenvalue weighted by Crippen LogP contribution is 2.19. The van der Waals surface area contributed by atoms with E-state index in [4.69, 9.17) is 36.3 Å². The second-order valence-electron chi connectivity index (χ2n) is 4.94. The fraction of sp³-hybridized carbons (Fsp3) is 0.846. The van der Waals surface area contributed by atoms with E-state index in [0.29, 0.717) is 26.2 Å². The van der Waals surface area contributed by atoms with Crippen LogP contribution in [0.2, 0.25) is 0 Å². The first-order chi connectivity index (χ1) is 10.6. The largest absolute Gasteiger partial charge is 0.409 e. The second-order valence-corrected chi connectivity index (χ2v) is 4.94. The number of hydrogen-bond donors (Lipinski definition) is 5. The Morgan fingerprint density at radius 3 is 2.23 bits per heavy atom. The zero-order valence-electron chi connectivity index (χ0n) is 12.9. The molecule has 1 atom stereocenters. The minimum Gasteiger partial charge on any atom is -0.409 e. The molecular formula is C13H28N4O5. The van der Waals surface area contributed by atoms with Gasteiger partial charge in [0.15, 0.2) is 0 Å². The SMILES string of the molecule is N=CCCOCC(CO)(COCCN)COCC/C(N)=N\O. The van der Waals surface area contributed by atoms with Crippen molar-refractivity contribution in [3.8, 4) is 0 Å². The minimum absolute atomic E-state index is 0.0798. The molecule has 1 unspecified atom stereocenters. The van der Waals surface area contributed by atoms with Crippen molar-refractivity contribution >= 4 is 12.1 Å². The maximum absolute atomic E-state index is 9.68. The van der Waals surface area contributed by atoms with Gasteiger partial charge in [-0.15, -0.1) is 0 Å². The Bertz CT molecular complexity index is 317. The Hall–Kier alpha value is -1.26. The predicted molar refractivity (Wildman–Crippen MR) is 82.5 cm³/mol. The van der Waals surface area contributed by atoms with Crippen LogP contribution in [0.5, 0.6) is 0 Å². The molecule has 0 aromatic heterocycles. The molecule has 0 heterocycles. The van der Waals surface area contributed by atoms with Crippen LogP contribution >= 0.6 is 0 Å². The molecule has 7 N–H and O–H groups in total. The average molecular weight is 320 g/mol. The van der Waals surface area contributed by atoms with Gasteiger partial charge in [-0.25, -0.2) is 0 Å². The highest BCUT2D eigenvalue weighted by Gasteiger charge is 2.31. The molecule has 0 amide bonds. The first kappa shape index (κ1) is 20.7. The van der Waals surface area contributed by atoms with Crippen LogP contribution in [0.15, 0.2) is 5.16 Å². The predicted octanol–water partition coefficient (Wildman–Crippen LogP) is -0.850. The third-order valence-electron chi connectivity index (χ3n) is 2.86. The van der Waals surface area contributed by atoms with Gasteiger partial charge in [0.05, 0.1) is 51.7 Å². The molecule has 9 heteroatoms. The number of rotatable bonds is 15. The van der Waals surface area contributed by atoms with Crippen LogP contribution < -0.4 is 11.5 Å². The molecule has 130 valence electrons. The van der Waals surface area contributed by atoms with E-state index in [2.05, 4.69) is 5.16 Å². The molecule has 0 aromatic rings. The molecule has 9 nitrogen and oxygen atoms in total. The second kappa shape index (κ2) is 13.4. The summed E-state index contributed by atoms with van der Waals surface area (Å²) in [7, 11) is 0. The van der Waals surface area contributed by atoms with Crippen molar-refractivity contribution in [1.82, 2.24) is 0 Å². The van der Waals surface area contributed by atoms with Gasteiger partial charge in [0.2, 0.25) is 0 Å². The van der Waals surface area contributed by atoms with Crippen molar-refractivity contribution in [2.24, 2.45) is 22.0 Å². The summed E-state index contributed by atoms with van der Waals surface area (Å²) in [5.41, 5.74) is 10.0. The van der Waals surface area contributed by atoms with E-state index in [1.54, 1.807) is 0 Å². The lowest BCUT2D eigenvalue weighted by molar-refractivity contribution is -0.0902. The fourth-order valence-electron chi connectivity index (χ4n) is 1.58. The number of oxime groups is 1. The van der Waals surface area contributed by atoms with Gasteiger partial charge >= 0.3 is 0 Å². The number of amidine groups is 1. The lowest BCUT2D eigenvalue weighted by Crippen LogP contribution is -2.41. The van der Waals surface area contributed by atoms with Gasteiger partial charge < -0.3 is 41.4 Å². The summed E-state index contributed by atoms with van der Waals surface area (Å²) in [5.74, 6) is 0.0798. The zero-order chi connectivity index (χ0) is 16.7. The molecule has 0 saturated heterocycles. The van der Waals surface area contributed by atoms with E-state index < -0.39 is 5.41 Å². The molecule has 0 bridgehead atoms. The lowest BCUT2D eigenvalue weighted by atomic mass is 9.92. The molecule has 0 radical (unpaired) electrons. The van der Waals surface area contributed by atoms with Crippen molar-refractivity contribution in [2.75, 3.05) is 52.8 Å². The summed E-state index contributed by atoms with van der Waals surface area (Å²) in [5, 5.41) is 27.9. The Morgan fingerprint density at radius 1 is 1.14 bits per heavy atom. The number of nitrogens with zero attached hydrogens (tertiary/aromatic N) is 1. The molecule has 0 spiro atoms. The summed E-state index contributed by atoms with van der Waals surface area (Å²) in [4.78, 5) is 0. The van der Waals surface area contributed by atoms with Gasteiger partial charge in [-0.3, -0.25) is 0 Å². The molecule has 0 aliphatic heterocycles. The number of nitrogens with one attached hydrogen (secondary N) is 1. The molecule has 22 heavy (non-hydrogen) atoms. The van der Waals surface area contributed by atoms with E-state index in [-0.39, 0.29) is 45.3 Å². The van der Waals surface area contributed by atoms with Gasteiger partial charge in [-0.05, 0) is 6.21 Å². The van der Waals surface area contributed by atoms with Crippen LogP contribution in [0, 0.1) is 10.8 Å². The molecule has 0 fully saturated rings. The van der Waals surface area contributed by atoms with Crippen LogP contribution in [-0.2, 0) is 14.2 Å². The first-order valence-electron chi connectivity index (χ1n) is 7.13. The minimum atomic E-state index is -0.706. The van der Waals surface area contributed by atoms with Gasteiger partial charge in [0, 0.05) is 19.4 Å². The van der Waals surface area contributed by atoms with Crippen molar-refractivity contribution < 1.29 is 24.5 Å². The van der Waals surface area contributed by atoms with Crippen LogP contribution in [0.1, 0.15) is 12.8 Å². The summed E-state index contributed by atoms with van der Waals surface area (Å²) in [6.45, 7) is 1.94.